The highest BCUT2D eigenvalue weighted by Gasteiger charge is 2.34. The molecule has 1 saturated heterocycles. The maximum absolute atomic E-state index is 12.9. The maximum Gasteiger partial charge on any atom is 0.227 e. The lowest BCUT2D eigenvalue weighted by molar-refractivity contribution is -0.117. The van der Waals surface area contributed by atoms with Gasteiger partial charge in [-0.15, -0.1) is 0 Å². The van der Waals surface area contributed by atoms with Crippen LogP contribution in [0.25, 0.3) is 11.0 Å². The molecule has 2 heterocycles. The van der Waals surface area contributed by atoms with Crippen LogP contribution in [0.15, 0.2) is 72.8 Å². The first-order chi connectivity index (χ1) is 17.1. The van der Waals surface area contributed by atoms with Crippen LogP contribution >= 0.6 is 11.6 Å². The van der Waals surface area contributed by atoms with Crippen LogP contribution in [0.4, 0.5) is 5.69 Å². The fourth-order valence-electron chi connectivity index (χ4n) is 4.63. The Kier molecular flexibility index (Phi) is 6.91. The van der Waals surface area contributed by atoms with E-state index < -0.39 is 0 Å². The second-order valence-electron chi connectivity index (χ2n) is 8.72. The second kappa shape index (κ2) is 10.4. The average molecular weight is 490 g/mol. The number of carbonyl (C=O) groups excluding carboxylic acids is 1. The molecule has 180 valence electrons. The van der Waals surface area contributed by atoms with Gasteiger partial charge in [-0.1, -0.05) is 23.7 Å². The molecule has 0 spiro atoms. The number of hydrogen-bond donors (Lipinski definition) is 0. The molecule has 7 heteroatoms. The van der Waals surface area contributed by atoms with E-state index in [1.807, 2.05) is 71.6 Å². The van der Waals surface area contributed by atoms with Crippen molar-refractivity contribution >= 4 is 34.2 Å². The van der Waals surface area contributed by atoms with Gasteiger partial charge >= 0.3 is 0 Å². The Balaban J connectivity index is 1.28. The number of ether oxygens (including phenoxy) is 2. The van der Waals surface area contributed by atoms with Gasteiger partial charge in [0, 0.05) is 36.1 Å². The molecule has 1 aliphatic heterocycles. The summed E-state index contributed by atoms with van der Waals surface area (Å²) in [7, 11) is 1.64. The molecular formula is C28H28ClN3O3. The number of carbonyl (C=O) groups is 1. The molecule has 1 fully saturated rings. The Morgan fingerprint density at radius 1 is 0.971 bits per heavy atom. The van der Waals surface area contributed by atoms with Crippen molar-refractivity contribution in [1.82, 2.24) is 9.55 Å². The van der Waals surface area contributed by atoms with E-state index in [0.717, 1.165) is 53.4 Å². The number of nitrogens with zero attached hydrogens (tertiary/aromatic N) is 3. The molecule has 1 unspecified atom stereocenters. The zero-order chi connectivity index (χ0) is 24.2. The highest BCUT2D eigenvalue weighted by Crippen LogP contribution is 2.34. The van der Waals surface area contributed by atoms with Crippen LogP contribution in [-0.2, 0) is 11.3 Å². The van der Waals surface area contributed by atoms with Gasteiger partial charge < -0.3 is 18.9 Å². The van der Waals surface area contributed by atoms with Gasteiger partial charge in [0.25, 0.3) is 0 Å². The first kappa shape index (κ1) is 23.2. The highest BCUT2D eigenvalue weighted by molar-refractivity contribution is 6.30. The summed E-state index contributed by atoms with van der Waals surface area (Å²) in [6.45, 7) is 2.08. The molecule has 4 aromatic rings. The number of anilines is 1. The van der Waals surface area contributed by atoms with Crippen molar-refractivity contribution in [2.75, 3.05) is 25.2 Å². The fourth-order valence-corrected chi connectivity index (χ4v) is 4.75. The maximum atomic E-state index is 12.9. The number of methoxy groups -OCH3 is 1. The second-order valence-corrected chi connectivity index (χ2v) is 9.16. The Labute approximate surface area is 210 Å². The largest absolute Gasteiger partial charge is 0.497 e. The molecule has 0 N–H and O–H groups in total. The number of amides is 1. The molecule has 0 bridgehead atoms. The SMILES string of the molecule is COc1ccc(N2CC(c3nc4ccccc4n3CCCCOc3ccc(Cl)cc3)CC2=O)cc1. The minimum atomic E-state index is 0.0438. The number of aryl methyl sites for hydroxylation is 1. The smallest absolute Gasteiger partial charge is 0.227 e. The number of fused-ring (bicyclic) bond motifs is 1. The summed E-state index contributed by atoms with van der Waals surface area (Å²) >= 11 is 5.94. The number of imidazole rings is 1. The molecule has 35 heavy (non-hydrogen) atoms. The van der Waals surface area contributed by atoms with Crippen LogP contribution in [0.5, 0.6) is 11.5 Å². The van der Waals surface area contributed by atoms with Crippen molar-refractivity contribution in [1.29, 1.82) is 0 Å². The first-order valence-electron chi connectivity index (χ1n) is 11.9. The third-order valence-corrected chi connectivity index (χ3v) is 6.67. The first-order valence-corrected chi connectivity index (χ1v) is 12.3. The normalized spacial score (nSPS) is 15.7. The highest BCUT2D eigenvalue weighted by atomic mass is 35.5. The van der Waals surface area contributed by atoms with Gasteiger partial charge in [0.1, 0.15) is 17.3 Å². The third-order valence-electron chi connectivity index (χ3n) is 6.42. The van der Waals surface area contributed by atoms with E-state index in [9.17, 15) is 4.79 Å². The lowest BCUT2D eigenvalue weighted by atomic mass is 10.1. The van der Waals surface area contributed by atoms with Gasteiger partial charge in [-0.25, -0.2) is 4.98 Å². The standard InChI is InChI=1S/C28H28ClN3O3/c1-34-23-14-10-22(11-15-23)32-19-20(18-27(32)33)28-30-25-6-2-3-7-26(25)31(28)16-4-5-17-35-24-12-8-21(29)9-13-24/h2-3,6-15,20H,4-5,16-19H2,1H3. The Morgan fingerprint density at radius 2 is 1.71 bits per heavy atom. The van der Waals surface area contributed by atoms with Gasteiger partial charge in [-0.2, -0.15) is 0 Å². The van der Waals surface area contributed by atoms with Gasteiger partial charge in [0.05, 0.1) is 24.8 Å². The van der Waals surface area contributed by atoms with E-state index in [1.165, 1.54) is 0 Å². The van der Waals surface area contributed by atoms with Crippen molar-refractivity contribution in [3.8, 4) is 11.5 Å². The molecule has 1 aliphatic rings. The zero-order valence-electron chi connectivity index (χ0n) is 19.7. The minimum Gasteiger partial charge on any atom is -0.497 e. The van der Waals surface area contributed by atoms with E-state index in [-0.39, 0.29) is 11.8 Å². The Morgan fingerprint density at radius 3 is 2.49 bits per heavy atom. The summed E-state index contributed by atoms with van der Waals surface area (Å²) < 4.78 is 13.4. The molecule has 0 radical (unpaired) electrons. The van der Waals surface area contributed by atoms with Crippen molar-refractivity contribution < 1.29 is 14.3 Å². The quantitative estimate of drug-likeness (QED) is 0.267. The summed E-state index contributed by atoms with van der Waals surface area (Å²) in [5, 5.41) is 0.702. The molecule has 1 atom stereocenters. The number of hydrogen-bond acceptors (Lipinski definition) is 4. The van der Waals surface area contributed by atoms with Gasteiger partial charge in [0.15, 0.2) is 0 Å². The molecule has 1 amide bonds. The number of unbranched alkanes of at least 4 members (excludes halogenated alkanes) is 1. The van der Waals surface area contributed by atoms with Crippen LogP contribution in [0, 0.1) is 0 Å². The van der Waals surface area contributed by atoms with Crippen LogP contribution in [-0.4, -0.2) is 35.7 Å². The summed E-state index contributed by atoms with van der Waals surface area (Å²) in [6, 6.07) is 23.3. The number of para-hydroxylation sites is 2. The van der Waals surface area contributed by atoms with Crippen molar-refractivity contribution in [3.63, 3.8) is 0 Å². The van der Waals surface area contributed by atoms with Gasteiger partial charge in [0.2, 0.25) is 5.91 Å². The molecule has 5 rings (SSSR count). The predicted molar refractivity (Wildman–Crippen MR) is 139 cm³/mol. The summed E-state index contributed by atoms with van der Waals surface area (Å²) in [5.74, 6) is 2.75. The topological polar surface area (TPSA) is 56.6 Å². The van der Waals surface area contributed by atoms with E-state index in [1.54, 1.807) is 7.11 Å². The van der Waals surface area contributed by atoms with E-state index in [2.05, 4.69) is 10.6 Å². The molecule has 6 nitrogen and oxygen atoms in total. The number of benzene rings is 3. The lowest BCUT2D eigenvalue weighted by Gasteiger charge is -2.18. The number of aromatic nitrogens is 2. The zero-order valence-corrected chi connectivity index (χ0v) is 20.4. The summed E-state index contributed by atoms with van der Waals surface area (Å²) in [4.78, 5) is 19.7. The minimum absolute atomic E-state index is 0.0438. The van der Waals surface area contributed by atoms with Gasteiger partial charge in [-0.05, 0) is 73.5 Å². The lowest BCUT2D eigenvalue weighted by Crippen LogP contribution is -2.24. The van der Waals surface area contributed by atoms with Crippen LogP contribution in [0.3, 0.4) is 0 Å². The average Bonchev–Trinajstić information content (AvgIpc) is 3.45. The van der Waals surface area contributed by atoms with Crippen LogP contribution < -0.4 is 14.4 Å². The Bertz CT molecular complexity index is 1300. The summed E-state index contributed by atoms with van der Waals surface area (Å²) in [6.07, 6.45) is 2.31. The Hall–Kier alpha value is -3.51. The summed E-state index contributed by atoms with van der Waals surface area (Å²) in [5.41, 5.74) is 2.96. The third kappa shape index (κ3) is 5.13. The molecule has 3 aromatic carbocycles. The number of rotatable bonds is 9. The molecule has 0 aliphatic carbocycles. The van der Waals surface area contributed by atoms with Crippen LogP contribution in [0.2, 0.25) is 5.02 Å². The molecule has 0 saturated carbocycles. The van der Waals surface area contributed by atoms with Crippen molar-refractivity contribution in [2.45, 2.75) is 31.7 Å². The fraction of sp³-hybridized carbons (Fsp3) is 0.286. The van der Waals surface area contributed by atoms with E-state index in [0.29, 0.717) is 24.6 Å². The van der Waals surface area contributed by atoms with Crippen molar-refractivity contribution in [3.05, 3.63) is 83.6 Å². The van der Waals surface area contributed by atoms with E-state index >= 15 is 0 Å². The molecular weight excluding hydrogens is 462 g/mol. The molecule has 1 aromatic heterocycles. The predicted octanol–water partition coefficient (Wildman–Crippen LogP) is 6.08. The van der Waals surface area contributed by atoms with Crippen molar-refractivity contribution in [2.24, 2.45) is 0 Å². The monoisotopic (exact) mass is 489 g/mol. The van der Waals surface area contributed by atoms with Gasteiger partial charge in [-0.3, -0.25) is 4.79 Å². The van der Waals surface area contributed by atoms with Crippen LogP contribution in [0.1, 0.15) is 31.0 Å². The van der Waals surface area contributed by atoms with E-state index in [4.69, 9.17) is 26.1 Å². The number of halogens is 1.